The molecule has 1 aliphatic rings. The van der Waals surface area contributed by atoms with Gasteiger partial charge in [-0.3, -0.25) is 9.36 Å². The summed E-state index contributed by atoms with van der Waals surface area (Å²) in [6.07, 6.45) is 4.52. The van der Waals surface area contributed by atoms with E-state index in [-0.39, 0.29) is 5.56 Å². The SMILES string of the molecule is O=c1c2c3c(sc2ncn1Cc1cccc2ccccc12)CC(NCc1ccccc1Cl)CC3. The van der Waals surface area contributed by atoms with Gasteiger partial charge in [-0.15, -0.1) is 11.3 Å². The number of hydrogen-bond acceptors (Lipinski definition) is 4. The molecule has 0 amide bonds. The van der Waals surface area contributed by atoms with Crippen molar-refractivity contribution in [1.82, 2.24) is 14.9 Å². The van der Waals surface area contributed by atoms with E-state index in [1.165, 1.54) is 21.2 Å². The Morgan fingerprint density at radius 2 is 1.82 bits per heavy atom. The standard InChI is InChI=1S/C28H24ClN3OS/c29-24-11-4-2-7-19(24)15-30-21-12-13-23-25(14-21)34-27-26(23)28(33)32(17-31-27)16-20-9-5-8-18-6-1-3-10-22(18)20/h1-11,17,21,30H,12-16H2. The lowest BCUT2D eigenvalue weighted by atomic mass is 9.93. The van der Waals surface area contributed by atoms with Crippen LogP contribution in [-0.2, 0) is 25.9 Å². The third-order valence-corrected chi connectivity index (χ3v) is 8.33. The van der Waals surface area contributed by atoms with Gasteiger partial charge in [-0.1, -0.05) is 72.3 Å². The topological polar surface area (TPSA) is 46.9 Å². The number of nitrogens with one attached hydrogen (secondary N) is 1. The molecule has 34 heavy (non-hydrogen) atoms. The molecule has 3 aromatic carbocycles. The van der Waals surface area contributed by atoms with Crippen molar-refractivity contribution in [1.29, 1.82) is 0 Å². The van der Waals surface area contributed by atoms with Crippen LogP contribution in [-0.4, -0.2) is 15.6 Å². The van der Waals surface area contributed by atoms with Gasteiger partial charge in [0, 0.05) is 22.5 Å². The molecular weight excluding hydrogens is 462 g/mol. The summed E-state index contributed by atoms with van der Waals surface area (Å²) in [6, 6.07) is 22.9. The van der Waals surface area contributed by atoms with Crippen molar-refractivity contribution in [2.24, 2.45) is 0 Å². The van der Waals surface area contributed by atoms with E-state index in [0.29, 0.717) is 12.6 Å². The summed E-state index contributed by atoms with van der Waals surface area (Å²) < 4.78 is 1.76. The number of nitrogens with zero attached hydrogens (tertiary/aromatic N) is 2. The fourth-order valence-corrected chi connectivity index (χ4v) is 6.46. The zero-order chi connectivity index (χ0) is 23.1. The molecular formula is C28H24ClN3OS. The van der Waals surface area contributed by atoms with Crippen LogP contribution in [0.2, 0.25) is 5.02 Å². The Bertz CT molecular complexity index is 1570. The third-order valence-electron chi connectivity index (χ3n) is 6.80. The molecule has 170 valence electrons. The number of halogens is 1. The Labute approximate surface area is 206 Å². The summed E-state index contributed by atoms with van der Waals surface area (Å²) in [5.41, 5.74) is 3.51. The minimum Gasteiger partial charge on any atom is -0.309 e. The summed E-state index contributed by atoms with van der Waals surface area (Å²) in [4.78, 5) is 20.4. The van der Waals surface area contributed by atoms with Crippen LogP contribution in [0.1, 0.15) is 28.0 Å². The van der Waals surface area contributed by atoms with E-state index >= 15 is 0 Å². The second kappa shape index (κ2) is 8.99. The Kier molecular flexibility index (Phi) is 5.69. The third kappa shape index (κ3) is 3.94. The van der Waals surface area contributed by atoms with E-state index in [4.69, 9.17) is 16.6 Å². The van der Waals surface area contributed by atoms with Crippen molar-refractivity contribution >= 4 is 43.9 Å². The molecule has 4 nitrogen and oxygen atoms in total. The molecule has 0 saturated carbocycles. The van der Waals surface area contributed by atoms with Crippen molar-refractivity contribution in [2.45, 2.75) is 38.4 Å². The normalized spacial score (nSPS) is 15.6. The van der Waals surface area contributed by atoms with Crippen LogP contribution in [0.25, 0.3) is 21.0 Å². The highest BCUT2D eigenvalue weighted by atomic mass is 35.5. The van der Waals surface area contributed by atoms with Gasteiger partial charge in [0.1, 0.15) is 4.83 Å². The Morgan fingerprint density at radius 1 is 1.03 bits per heavy atom. The molecule has 0 fully saturated rings. The van der Waals surface area contributed by atoms with Crippen molar-refractivity contribution in [3.63, 3.8) is 0 Å². The molecule has 6 heteroatoms. The lowest BCUT2D eigenvalue weighted by Crippen LogP contribution is -2.34. The van der Waals surface area contributed by atoms with E-state index in [2.05, 4.69) is 41.7 Å². The number of aryl methyl sites for hydroxylation is 1. The molecule has 1 N–H and O–H groups in total. The molecule has 6 rings (SSSR count). The van der Waals surface area contributed by atoms with Crippen LogP contribution < -0.4 is 10.9 Å². The van der Waals surface area contributed by atoms with Crippen LogP contribution >= 0.6 is 22.9 Å². The molecule has 5 aromatic rings. The average molecular weight is 486 g/mol. The van der Waals surface area contributed by atoms with Crippen molar-refractivity contribution in [3.05, 3.63) is 110 Å². The van der Waals surface area contributed by atoms with E-state index in [9.17, 15) is 4.79 Å². The number of rotatable bonds is 5. The van der Waals surface area contributed by atoms with Crippen LogP contribution in [0.3, 0.4) is 0 Å². The molecule has 2 heterocycles. The van der Waals surface area contributed by atoms with Crippen LogP contribution in [0.5, 0.6) is 0 Å². The minimum atomic E-state index is 0.0675. The predicted molar refractivity (Wildman–Crippen MR) is 141 cm³/mol. The lowest BCUT2D eigenvalue weighted by Gasteiger charge is -2.23. The fourth-order valence-electron chi connectivity index (χ4n) is 5.00. The van der Waals surface area contributed by atoms with Crippen molar-refractivity contribution in [2.75, 3.05) is 0 Å². The van der Waals surface area contributed by atoms with Gasteiger partial charge in [0.25, 0.3) is 5.56 Å². The average Bonchev–Trinajstić information content (AvgIpc) is 3.24. The highest BCUT2D eigenvalue weighted by molar-refractivity contribution is 7.18. The molecule has 0 radical (unpaired) electrons. The summed E-state index contributed by atoms with van der Waals surface area (Å²) >= 11 is 7.99. The van der Waals surface area contributed by atoms with E-state index in [1.807, 2.05) is 30.3 Å². The van der Waals surface area contributed by atoms with Crippen LogP contribution in [0.4, 0.5) is 0 Å². The van der Waals surface area contributed by atoms with Gasteiger partial charge in [0.2, 0.25) is 0 Å². The van der Waals surface area contributed by atoms with Gasteiger partial charge < -0.3 is 5.32 Å². The summed E-state index contributed by atoms with van der Waals surface area (Å²) in [5, 5.41) is 7.63. The summed E-state index contributed by atoms with van der Waals surface area (Å²) in [7, 11) is 0. The first-order chi connectivity index (χ1) is 16.7. The molecule has 0 saturated heterocycles. The number of aromatic nitrogens is 2. The number of hydrogen-bond donors (Lipinski definition) is 1. The monoisotopic (exact) mass is 485 g/mol. The molecule has 1 atom stereocenters. The van der Waals surface area contributed by atoms with Crippen LogP contribution in [0, 0.1) is 0 Å². The van der Waals surface area contributed by atoms with Gasteiger partial charge in [0.05, 0.1) is 18.3 Å². The Hall–Kier alpha value is -2.99. The predicted octanol–water partition coefficient (Wildman–Crippen LogP) is 5.96. The second-order valence-corrected chi connectivity index (χ2v) is 10.4. The van der Waals surface area contributed by atoms with Crippen molar-refractivity contribution in [3.8, 4) is 0 Å². The first-order valence-electron chi connectivity index (χ1n) is 11.6. The zero-order valence-corrected chi connectivity index (χ0v) is 20.2. The van der Waals surface area contributed by atoms with E-state index < -0.39 is 0 Å². The van der Waals surface area contributed by atoms with Gasteiger partial charge >= 0.3 is 0 Å². The number of thiophene rings is 1. The molecule has 0 spiro atoms. The first kappa shape index (κ1) is 21.5. The first-order valence-corrected chi connectivity index (χ1v) is 12.8. The minimum absolute atomic E-state index is 0.0675. The van der Waals surface area contributed by atoms with Gasteiger partial charge in [-0.2, -0.15) is 0 Å². The highest BCUT2D eigenvalue weighted by Gasteiger charge is 2.25. The number of fused-ring (bicyclic) bond motifs is 4. The maximum absolute atomic E-state index is 13.5. The van der Waals surface area contributed by atoms with Gasteiger partial charge in [-0.25, -0.2) is 4.98 Å². The maximum Gasteiger partial charge on any atom is 0.262 e. The number of benzene rings is 3. The largest absolute Gasteiger partial charge is 0.309 e. The molecule has 1 aliphatic carbocycles. The van der Waals surface area contributed by atoms with Gasteiger partial charge in [0.15, 0.2) is 0 Å². The maximum atomic E-state index is 13.5. The summed E-state index contributed by atoms with van der Waals surface area (Å²) in [5.74, 6) is 0. The van der Waals surface area contributed by atoms with Crippen molar-refractivity contribution < 1.29 is 0 Å². The fraction of sp³-hybridized carbons (Fsp3) is 0.214. The summed E-state index contributed by atoms with van der Waals surface area (Å²) in [6.45, 7) is 1.27. The quantitative estimate of drug-likeness (QED) is 0.334. The molecule has 0 bridgehead atoms. The molecule has 2 aromatic heterocycles. The second-order valence-electron chi connectivity index (χ2n) is 8.91. The van der Waals surface area contributed by atoms with Gasteiger partial charge in [-0.05, 0) is 52.8 Å². The molecule has 0 aliphatic heterocycles. The Morgan fingerprint density at radius 3 is 2.74 bits per heavy atom. The zero-order valence-electron chi connectivity index (χ0n) is 18.6. The van der Waals surface area contributed by atoms with E-state index in [0.717, 1.165) is 52.2 Å². The van der Waals surface area contributed by atoms with Crippen LogP contribution in [0.15, 0.2) is 77.9 Å². The lowest BCUT2D eigenvalue weighted by molar-refractivity contribution is 0.463. The van der Waals surface area contributed by atoms with E-state index in [1.54, 1.807) is 22.2 Å². The highest BCUT2D eigenvalue weighted by Crippen LogP contribution is 2.34. The smallest absolute Gasteiger partial charge is 0.262 e. The Balaban J connectivity index is 1.27. The molecule has 1 unspecified atom stereocenters.